The van der Waals surface area contributed by atoms with Gasteiger partial charge in [0.05, 0.1) is 16.0 Å². The van der Waals surface area contributed by atoms with Crippen molar-refractivity contribution in [1.82, 2.24) is 13.9 Å². The molecular weight excluding hydrogens is 448 g/mol. The van der Waals surface area contributed by atoms with Crippen molar-refractivity contribution in [3.8, 4) is 0 Å². The quantitative estimate of drug-likeness (QED) is 0.539. The van der Waals surface area contributed by atoms with Crippen molar-refractivity contribution in [3.05, 3.63) is 48.4 Å². The van der Waals surface area contributed by atoms with Gasteiger partial charge < -0.3 is 4.90 Å². The van der Waals surface area contributed by atoms with Crippen LogP contribution in [0.1, 0.15) is 31.2 Å². The first-order chi connectivity index (χ1) is 15.1. The molecule has 1 aromatic carbocycles. The van der Waals surface area contributed by atoms with E-state index in [2.05, 4.69) is 14.9 Å². The van der Waals surface area contributed by atoms with Gasteiger partial charge in [-0.1, -0.05) is 17.7 Å². The summed E-state index contributed by atoms with van der Waals surface area (Å²) < 4.78 is 50.8. The average Bonchev–Trinajstić information content (AvgIpc) is 3.18. The third-order valence-corrected chi connectivity index (χ3v) is 9.00. The first-order valence-electron chi connectivity index (χ1n) is 10.6. The molecule has 0 saturated heterocycles. The van der Waals surface area contributed by atoms with Crippen LogP contribution in [0, 0.1) is 12.8 Å². The Kier molecular flexibility index (Phi) is 6.02. The standard InChI is InChI=1S/C22H28N4O4S2/c1-16-4-10-19(11-5-16)32(29,30)26-13-12-20-21(23-15-24-22(20)26)25(2)18-8-6-17(7-9-18)14-31(3,27)28/h4-5,10-13,15,17-18H,6-9,14H2,1-3H3. The van der Waals surface area contributed by atoms with E-state index in [1.165, 1.54) is 22.8 Å². The number of aryl methyl sites for hydroxylation is 1. The molecule has 1 saturated carbocycles. The summed E-state index contributed by atoms with van der Waals surface area (Å²) >= 11 is 0. The predicted octanol–water partition coefficient (Wildman–Crippen LogP) is 3.02. The second-order valence-corrected chi connectivity index (χ2v) is 12.7. The normalized spacial score (nSPS) is 19.8. The molecule has 0 amide bonds. The van der Waals surface area contributed by atoms with Gasteiger partial charge in [-0.25, -0.2) is 30.8 Å². The Hall–Kier alpha value is -2.46. The summed E-state index contributed by atoms with van der Waals surface area (Å²) in [5.41, 5.74) is 1.33. The van der Waals surface area contributed by atoms with E-state index in [0.717, 1.165) is 31.2 Å². The van der Waals surface area contributed by atoms with Crippen molar-refractivity contribution in [3.63, 3.8) is 0 Å². The van der Waals surface area contributed by atoms with Crippen molar-refractivity contribution in [2.24, 2.45) is 5.92 Å². The predicted molar refractivity (Wildman–Crippen MR) is 125 cm³/mol. The molecule has 0 N–H and O–H groups in total. The van der Waals surface area contributed by atoms with Crippen molar-refractivity contribution < 1.29 is 16.8 Å². The number of fused-ring (bicyclic) bond motifs is 1. The zero-order valence-corrected chi connectivity index (χ0v) is 20.1. The summed E-state index contributed by atoms with van der Waals surface area (Å²) in [6, 6.07) is 8.68. The highest BCUT2D eigenvalue weighted by Crippen LogP contribution is 2.33. The van der Waals surface area contributed by atoms with E-state index in [9.17, 15) is 16.8 Å². The van der Waals surface area contributed by atoms with Crippen LogP contribution < -0.4 is 4.90 Å². The Balaban J connectivity index is 1.60. The smallest absolute Gasteiger partial charge is 0.269 e. The van der Waals surface area contributed by atoms with Gasteiger partial charge in [0.2, 0.25) is 0 Å². The molecule has 1 fully saturated rings. The molecule has 0 spiro atoms. The van der Waals surface area contributed by atoms with Crippen molar-refractivity contribution in [2.45, 2.75) is 43.5 Å². The van der Waals surface area contributed by atoms with Gasteiger partial charge in [-0.15, -0.1) is 0 Å². The molecule has 3 aromatic rings. The molecule has 32 heavy (non-hydrogen) atoms. The minimum absolute atomic E-state index is 0.195. The number of anilines is 1. The Morgan fingerprint density at radius 3 is 2.28 bits per heavy atom. The summed E-state index contributed by atoms with van der Waals surface area (Å²) in [6.45, 7) is 1.91. The molecule has 2 heterocycles. The van der Waals surface area contributed by atoms with Crippen LogP contribution in [0.4, 0.5) is 5.82 Å². The summed E-state index contributed by atoms with van der Waals surface area (Å²) in [5.74, 6) is 1.11. The molecule has 8 nitrogen and oxygen atoms in total. The van der Waals surface area contributed by atoms with Gasteiger partial charge in [-0.05, 0) is 56.7 Å². The highest BCUT2D eigenvalue weighted by atomic mass is 32.2. The van der Waals surface area contributed by atoms with Crippen LogP contribution in [0.2, 0.25) is 0 Å². The van der Waals surface area contributed by atoms with Gasteiger partial charge in [0, 0.05) is 25.5 Å². The van der Waals surface area contributed by atoms with E-state index < -0.39 is 19.9 Å². The van der Waals surface area contributed by atoms with Gasteiger partial charge in [0.15, 0.2) is 5.65 Å². The number of benzene rings is 1. The Labute approximate surface area is 189 Å². The SMILES string of the molecule is Cc1ccc(S(=O)(=O)n2ccc3c(N(C)C4CCC(CS(C)(=O)=O)CC4)ncnc32)cc1. The second-order valence-electron chi connectivity index (χ2n) is 8.74. The highest BCUT2D eigenvalue weighted by molar-refractivity contribution is 7.90. The van der Waals surface area contributed by atoms with Gasteiger partial charge in [-0.2, -0.15) is 0 Å². The van der Waals surface area contributed by atoms with Crippen LogP contribution in [0.5, 0.6) is 0 Å². The van der Waals surface area contributed by atoms with Crippen molar-refractivity contribution >= 4 is 36.7 Å². The number of sulfone groups is 1. The number of rotatable bonds is 6. The molecular formula is C22H28N4O4S2. The van der Waals surface area contributed by atoms with Gasteiger partial charge >= 0.3 is 0 Å². The largest absolute Gasteiger partial charge is 0.356 e. The fourth-order valence-electron chi connectivity index (χ4n) is 4.51. The second kappa shape index (κ2) is 8.47. The third-order valence-electron chi connectivity index (χ3n) is 6.24. The van der Waals surface area contributed by atoms with Crippen LogP contribution in [0.25, 0.3) is 11.0 Å². The maximum atomic E-state index is 13.2. The number of hydrogen-bond donors (Lipinski definition) is 0. The van der Waals surface area contributed by atoms with E-state index >= 15 is 0 Å². The van der Waals surface area contributed by atoms with Crippen molar-refractivity contribution in [2.75, 3.05) is 24.0 Å². The monoisotopic (exact) mass is 476 g/mol. The lowest BCUT2D eigenvalue weighted by molar-refractivity contribution is 0.341. The minimum atomic E-state index is -3.78. The van der Waals surface area contributed by atoms with Gasteiger partial charge in [0.1, 0.15) is 22.0 Å². The Morgan fingerprint density at radius 1 is 1.00 bits per heavy atom. The van der Waals surface area contributed by atoms with Crippen molar-refractivity contribution in [1.29, 1.82) is 0 Å². The molecule has 0 unspecified atom stereocenters. The lowest BCUT2D eigenvalue weighted by atomic mass is 9.86. The van der Waals surface area contributed by atoms with Crippen LogP contribution in [-0.2, 0) is 19.9 Å². The van der Waals surface area contributed by atoms with Gasteiger partial charge in [-0.3, -0.25) is 0 Å². The Morgan fingerprint density at radius 2 is 1.66 bits per heavy atom. The summed E-state index contributed by atoms with van der Waals surface area (Å²) in [7, 11) is -4.80. The van der Waals surface area contributed by atoms with E-state index in [4.69, 9.17) is 0 Å². The molecule has 2 aromatic heterocycles. The number of nitrogens with zero attached hydrogens (tertiary/aromatic N) is 4. The minimum Gasteiger partial charge on any atom is -0.356 e. The zero-order valence-electron chi connectivity index (χ0n) is 18.5. The molecule has 10 heteroatoms. The van der Waals surface area contributed by atoms with Crippen LogP contribution in [0.3, 0.4) is 0 Å². The maximum Gasteiger partial charge on any atom is 0.269 e. The molecule has 1 aliphatic carbocycles. The van der Waals surface area contributed by atoms with Crippen LogP contribution >= 0.6 is 0 Å². The van der Waals surface area contributed by atoms with Crippen LogP contribution in [0.15, 0.2) is 47.8 Å². The molecule has 1 aliphatic rings. The highest BCUT2D eigenvalue weighted by Gasteiger charge is 2.28. The summed E-state index contributed by atoms with van der Waals surface area (Å²) in [6.07, 6.45) is 7.63. The Bertz CT molecular complexity index is 1320. The fourth-order valence-corrected chi connectivity index (χ4v) is 7.00. The van der Waals surface area contributed by atoms with E-state index in [1.54, 1.807) is 30.3 Å². The maximum absolute atomic E-state index is 13.2. The molecule has 0 aliphatic heterocycles. The van der Waals surface area contributed by atoms with Crippen LogP contribution in [-0.4, -0.2) is 55.9 Å². The first kappa shape index (κ1) is 22.7. The first-order valence-corrected chi connectivity index (χ1v) is 14.1. The number of hydrogen-bond acceptors (Lipinski definition) is 7. The molecule has 172 valence electrons. The fraction of sp³-hybridized carbons (Fsp3) is 0.455. The summed E-state index contributed by atoms with van der Waals surface area (Å²) in [4.78, 5) is 11.0. The van der Waals surface area contributed by atoms with E-state index in [-0.39, 0.29) is 22.6 Å². The number of aromatic nitrogens is 3. The molecule has 0 bridgehead atoms. The van der Waals surface area contributed by atoms with Gasteiger partial charge in [0.25, 0.3) is 10.0 Å². The lowest BCUT2D eigenvalue weighted by Gasteiger charge is -2.35. The molecule has 0 radical (unpaired) electrons. The molecule has 4 rings (SSSR count). The zero-order chi connectivity index (χ0) is 23.1. The third kappa shape index (κ3) is 4.52. The average molecular weight is 477 g/mol. The topological polar surface area (TPSA) is 102 Å². The summed E-state index contributed by atoms with van der Waals surface area (Å²) in [5, 5.41) is 0.670. The van der Waals surface area contributed by atoms with E-state index in [0.29, 0.717) is 16.9 Å². The van der Waals surface area contributed by atoms with E-state index in [1.807, 2.05) is 14.0 Å². The molecule has 0 atom stereocenters. The lowest BCUT2D eigenvalue weighted by Crippen LogP contribution is -2.37.